The van der Waals surface area contributed by atoms with Gasteiger partial charge < -0.3 is 15.5 Å². The number of pyridine rings is 1. The molecule has 1 aromatic heterocycles. The quantitative estimate of drug-likeness (QED) is 0.571. The molecule has 1 aliphatic heterocycles. The second kappa shape index (κ2) is 10.1. The SMILES string of the molecule is CN=C(NCc1cccnc1N(C)C)NCC1CCCN1Cc1ccccc1. The molecule has 0 amide bonds. The lowest BCUT2D eigenvalue weighted by Gasteiger charge is -2.25. The highest BCUT2D eigenvalue weighted by atomic mass is 15.2. The summed E-state index contributed by atoms with van der Waals surface area (Å²) >= 11 is 0. The van der Waals surface area contributed by atoms with Crippen LogP contribution in [0.2, 0.25) is 0 Å². The Morgan fingerprint density at radius 1 is 1.18 bits per heavy atom. The third-order valence-corrected chi connectivity index (χ3v) is 5.19. The summed E-state index contributed by atoms with van der Waals surface area (Å²) in [6.07, 6.45) is 4.31. The number of likely N-dealkylation sites (tertiary alicyclic amines) is 1. The van der Waals surface area contributed by atoms with Crippen LogP contribution in [0.4, 0.5) is 5.82 Å². The van der Waals surface area contributed by atoms with Crippen molar-refractivity contribution < 1.29 is 0 Å². The van der Waals surface area contributed by atoms with Gasteiger partial charge in [-0.05, 0) is 31.0 Å². The largest absolute Gasteiger partial charge is 0.362 e. The molecule has 150 valence electrons. The molecular weight excluding hydrogens is 348 g/mol. The van der Waals surface area contributed by atoms with Gasteiger partial charge in [0, 0.05) is 58.6 Å². The predicted molar refractivity (Wildman–Crippen MR) is 117 cm³/mol. The van der Waals surface area contributed by atoms with Crippen LogP contribution in [0.1, 0.15) is 24.0 Å². The Morgan fingerprint density at radius 2 is 2.00 bits per heavy atom. The summed E-state index contributed by atoms with van der Waals surface area (Å²) < 4.78 is 0. The van der Waals surface area contributed by atoms with Gasteiger partial charge in [-0.15, -0.1) is 0 Å². The summed E-state index contributed by atoms with van der Waals surface area (Å²) in [6, 6.07) is 15.3. The highest BCUT2D eigenvalue weighted by molar-refractivity contribution is 5.79. The maximum Gasteiger partial charge on any atom is 0.191 e. The van der Waals surface area contributed by atoms with Gasteiger partial charge in [0.2, 0.25) is 0 Å². The highest BCUT2D eigenvalue weighted by Crippen LogP contribution is 2.19. The van der Waals surface area contributed by atoms with E-state index in [2.05, 4.69) is 61.9 Å². The van der Waals surface area contributed by atoms with E-state index < -0.39 is 0 Å². The Bertz CT molecular complexity index is 759. The van der Waals surface area contributed by atoms with E-state index in [0.717, 1.165) is 37.0 Å². The van der Waals surface area contributed by atoms with E-state index in [0.29, 0.717) is 12.6 Å². The van der Waals surface area contributed by atoms with Gasteiger partial charge in [0.05, 0.1) is 0 Å². The molecule has 1 saturated heterocycles. The zero-order valence-corrected chi connectivity index (χ0v) is 17.2. The molecular formula is C22H32N6. The number of nitrogens with one attached hydrogen (secondary N) is 2. The molecule has 1 fully saturated rings. The van der Waals surface area contributed by atoms with Crippen LogP contribution < -0.4 is 15.5 Å². The van der Waals surface area contributed by atoms with Crippen LogP contribution >= 0.6 is 0 Å². The van der Waals surface area contributed by atoms with Crippen molar-refractivity contribution in [2.24, 2.45) is 4.99 Å². The maximum absolute atomic E-state index is 4.46. The van der Waals surface area contributed by atoms with E-state index in [1.807, 2.05) is 38.3 Å². The molecule has 0 bridgehead atoms. The molecule has 1 atom stereocenters. The van der Waals surface area contributed by atoms with Crippen molar-refractivity contribution in [1.82, 2.24) is 20.5 Å². The molecule has 0 radical (unpaired) electrons. The van der Waals surface area contributed by atoms with Crippen LogP contribution in [0.15, 0.2) is 53.7 Å². The summed E-state index contributed by atoms with van der Waals surface area (Å²) in [6.45, 7) is 3.77. The lowest BCUT2D eigenvalue weighted by molar-refractivity contribution is 0.245. The van der Waals surface area contributed by atoms with Crippen LogP contribution in [-0.2, 0) is 13.1 Å². The first-order valence-corrected chi connectivity index (χ1v) is 10.0. The minimum absolute atomic E-state index is 0.537. The van der Waals surface area contributed by atoms with Crippen LogP contribution in [0.25, 0.3) is 0 Å². The first-order chi connectivity index (χ1) is 13.7. The van der Waals surface area contributed by atoms with Crippen molar-refractivity contribution in [3.8, 4) is 0 Å². The normalized spacial score (nSPS) is 17.5. The first-order valence-electron chi connectivity index (χ1n) is 10.0. The van der Waals surface area contributed by atoms with Gasteiger partial charge in [0.25, 0.3) is 0 Å². The molecule has 6 heteroatoms. The average molecular weight is 381 g/mol. The Labute approximate surface area is 168 Å². The molecule has 0 saturated carbocycles. The molecule has 6 nitrogen and oxygen atoms in total. The Balaban J connectivity index is 1.51. The zero-order valence-electron chi connectivity index (χ0n) is 17.2. The van der Waals surface area contributed by atoms with Crippen molar-refractivity contribution >= 4 is 11.8 Å². The Morgan fingerprint density at radius 3 is 2.75 bits per heavy atom. The van der Waals surface area contributed by atoms with Gasteiger partial charge in [0.15, 0.2) is 5.96 Å². The van der Waals surface area contributed by atoms with E-state index in [1.54, 1.807) is 0 Å². The smallest absolute Gasteiger partial charge is 0.191 e. The average Bonchev–Trinajstić information content (AvgIpc) is 3.16. The van der Waals surface area contributed by atoms with Crippen molar-refractivity contribution in [1.29, 1.82) is 0 Å². The minimum Gasteiger partial charge on any atom is -0.362 e. The number of hydrogen-bond acceptors (Lipinski definition) is 4. The monoisotopic (exact) mass is 380 g/mol. The lowest BCUT2D eigenvalue weighted by atomic mass is 10.2. The second-order valence-electron chi connectivity index (χ2n) is 7.44. The standard InChI is InChI=1S/C22H32N6/c1-23-22(25-15-19-11-7-13-24-21(19)27(2)3)26-16-20-12-8-14-28(20)17-18-9-5-4-6-10-18/h4-7,9-11,13,20H,8,12,14-17H2,1-3H3,(H2,23,25,26). The number of guanidine groups is 1. The maximum atomic E-state index is 4.46. The van der Waals surface area contributed by atoms with Crippen molar-refractivity contribution in [2.75, 3.05) is 39.1 Å². The number of benzene rings is 1. The Kier molecular flexibility index (Phi) is 7.25. The first kappa shape index (κ1) is 20.1. The van der Waals surface area contributed by atoms with Crippen molar-refractivity contribution in [3.05, 3.63) is 59.8 Å². The molecule has 1 unspecified atom stereocenters. The van der Waals surface area contributed by atoms with Crippen LogP contribution in [0, 0.1) is 0 Å². The molecule has 1 aliphatic rings. The number of nitrogens with zero attached hydrogens (tertiary/aromatic N) is 4. The van der Waals surface area contributed by atoms with Gasteiger partial charge in [0.1, 0.15) is 5.82 Å². The minimum atomic E-state index is 0.537. The molecule has 0 aliphatic carbocycles. The number of hydrogen-bond donors (Lipinski definition) is 2. The molecule has 1 aromatic carbocycles. The molecule has 2 N–H and O–H groups in total. The third kappa shape index (κ3) is 5.45. The fourth-order valence-electron chi connectivity index (χ4n) is 3.74. The number of rotatable bonds is 7. The Hall–Kier alpha value is -2.60. The summed E-state index contributed by atoms with van der Waals surface area (Å²) in [4.78, 5) is 13.5. The molecule has 3 rings (SSSR count). The number of aliphatic imine (C=N–C) groups is 1. The van der Waals surface area contributed by atoms with Crippen LogP contribution in [0.3, 0.4) is 0 Å². The summed E-state index contributed by atoms with van der Waals surface area (Å²) in [5.41, 5.74) is 2.53. The van der Waals surface area contributed by atoms with Gasteiger partial charge in [-0.1, -0.05) is 36.4 Å². The third-order valence-electron chi connectivity index (χ3n) is 5.19. The van der Waals surface area contributed by atoms with Gasteiger partial charge in [-0.2, -0.15) is 0 Å². The van der Waals surface area contributed by atoms with E-state index in [1.165, 1.54) is 18.4 Å². The summed E-state index contributed by atoms with van der Waals surface area (Å²) in [7, 11) is 5.85. The fraction of sp³-hybridized carbons (Fsp3) is 0.455. The van der Waals surface area contributed by atoms with E-state index in [-0.39, 0.29) is 0 Å². The van der Waals surface area contributed by atoms with E-state index in [4.69, 9.17) is 0 Å². The highest BCUT2D eigenvalue weighted by Gasteiger charge is 2.24. The molecule has 2 aromatic rings. The van der Waals surface area contributed by atoms with Crippen LogP contribution in [-0.4, -0.2) is 56.1 Å². The van der Waals surface area contributed by atoms with Gasteiger partial charge >= 0.3 is 0 Å². The number of anilines is 1. The molecule has 2 heterocycles. The van der Waals surface area contributed by atoms with Crippen molar-refractivity contribution in [3.63, 3.8) is 0 Å². The predicted octanol–water partition coefficient (Wildman–Crippen LogP) is 2.48. The summed E-state index contributed by atoms with van der Waals surface area (Å²) in [5.74, 6) is 1.82. The zero-order chi connectivity index (χ0) is 19.8. The lowest BCUT2D eigenvalue weighted by Crippen LogP contribution is -2.44. The summed E-state index contributed by atoms with van der Waals surface area (Å²) in [5, 5.41) is 6.93. The molecule has 0 spiro atoms. The fourth-order valence-corrected chi connectivity index (χ4v) is 3.74. The van der Waals surface area contributed by atoms with E-state index >= 15 is 0 Å². The second-order valence-corrected chi connectivity index (χ2v) is 7.44. The van der Waals surface area contributed by atoms with Crippen LogP contribution in [0.5, 0.6) is 0 Å². The molecule has 28 heavy (non-hydrogen) atoms. The topological polar surface area (TPSA) is 55.8 Å². The van der Waals surface area contributed by atoms with Gasteiger partial charge in [-0.3, -0.25) is 9.89 Å². The number of aromatic nitrogens is 1. The van der Waals surface area contributed by atoms with Crippen molar-refractivity contribution in [2.45, 2.75) is 32.0 Å². The van der Waals surface area contributed by atoms with E-state index in [9.17, 15) is 0 Å². The van der Waals surface area contributed by atoms with Gasteiger partial charge in [-0.25, -0.2) is 4.98 Å².